The minimum Gasteiger partial charge on any atom is -0.469 e. The van der Waals surface area contributed by atoms with Gasteiger partial charge < -0.3 is 14.4 Å². The molecule has 1 aliphatic heterocycles. The number of nitrogens with zero attached hydrogens (tertiary/aromatic N) is 2. The van der Waals surface area contributed by atoms with Gasteiger partial charge in [-0.2, -0.15) is 0 Å². The molecule has 0 aromatic heterocycles. The molecule has 1 atom stereocenters. The van der Waals surface area contributed by atoms with Crippen LogP contribution in [0.4, 0.5) is 4.39 Å². The Morgan fingerprint density at radius 3 is 2.59 bits per heavy atom. The number of ether oxygens (including phenoxy) is 2. The van der Waals surface area contributed by atoms with E-state index in [2.05, 4.69) is 4.90 Å². The van der Waals surface area contributed by atoms with Crippen LogP contribution in [-0.2, 0) is 19.1 Å². The van der Waals surface area contributed by atoms with Gasteiger partial charge in [0.15, 0.2) is 0 Å². The Bertz CT molecular complexity index is 642. The topological polar surface area (TPSA) is 59.1 Å². The highest BCUT2D eigenvalue weighted by Crippen LogP contribution is 2.08. The van der Waals surface area contributed by atoms with E-state index in [1.54, 1.807) is 30.0 Å². The maximum atomic E-state index is 13.0. The molecule has 6 nitrogen and oxygen atoms in total. The molecule has 0 N–H and O–H groups in total. The van der Waals surface area contributed by atoms with E-state index in [9.17, 15) is 14.0 Å². The molecule has 1 aromatic rings. The SMILES string of the molecule is COC(=O)C(C)CN(CCN1CCOCC1)C(=O)/C=C/c1ccc(F)cc1. The third-order valence-corrected chi connectivity index (χ3v) is 4.49. The fraction of sp³-hybridized carbons (Fsp3) is 0.500. The second kappa shape index (κ2) is 10.8. The van der Waals surface area contributed by atoms with Crippen LogP contribution in [0.3, 0.4) is 0 Å². The van der Waals surface area contributed by atoms with Crippen molar-refractivity contribution in [3.8, 4) is 0 Å². The number of rotatable bonds is 8. The predicted octanol–water partition coefficient (Wildman–Crippen LogP) is 1.81. The Balaban J connectivity index is 2.00. The average molecular weight is 378 g/mol. The summed E-state index contributed by atoms with van der Waals surface area (Å²) in [6, 6.07) is 5.90. The fourth-order valence-electron chi connectivity index (χ4n) is 2.83. The van der Waals surface area contributed by atoms with E-state index in [4.69, 9.17) is 9.47 Å². The fourth-order valence-corrected chi connectivity index (χ4v) is 2.83. The van der Waals surface area contributed by atoms with E-state index >= 15 is 0 Å². The molecular weight excluding hydrogens is 351 g/mol. The second-order valence-corrected chi connectivity index (χ2v) is 6.55. The molecule has 1 unspecified atom stereocenters. The van der Waals surface area contributed by atoms with Crippen LogP contribution in [0.5, 0.6) is 0 Å². The van der Waals surface area contributed by atoms with Crippen molar-refractivity contribution >= 4 is 18.0 Å². The van der Waals surface area contributed by atoms with Crippen LogP contribution in [0.25, 0.3) is 6.08 Å². The number of methoxy groups -OCH3 is 1. The number of benzene rings is 1. The molecule has 27 heavy (non-hydrogen) atoms. The van der Waals surface area contributed by atoms with Gasteiger partial charge in [0.25, 0.3) is 0 Å². The van der Waals surface area contributed by atoms with Gasteiger partial charge in [-0.05, 0) is 23.8 Å². The van der Waals surface area contributed by atoms with Gasteiger partial charge in [0.1, 0.15) is 5.82 Å². The monoisotopic (exact) mass is 378 g/mol. The predicted molar refractivity (Wildman–Crippen MR) is 100 cm³/mol. The number of hydrogen-bond acceptors (Lipinski definition) is 5. The Labute approximate surface area is 159 Å². The van der Waals surface area contributed by atoms with Crippen LogP contribution in [0.15, 0.2) is 30.3 Å². The average Bonchev–Trinajstić information content (AvgIpc) is 2.70. The number of amides is 1. The molecule has 1 aliphatic rings. The van der Waals surface area contributed by atoms with Gasteiger partial charge in [-0.3, -0.25) is 14.5 Å². The summed E-state index contributed by atoms with van der Waals surface area (Å²) in [7, 11) is 1.34. The number of morpholine rings is 1. The molecule has 0 radical (unpaired) electrons. The van der Waals surface area contributed by atoms with Gasteiger partial charge in [0, 0.05) is 38.8 Å². The number of esters is 1. The molecule has 148 valence electrons. The molecule has 1 aromatic carbocycles. The third kappa shape index (κ3) is 7.11. The van der Waals surface area contributed by atoms with Gasteiger partial charge in [-0.15, -0.1) is 0 Å². The molecule has 7 heteroatoms. The van der Waals surface area contributed by atoms with Crippen molar-refractivity contribution in [3.63, 3.8) is 0 Å². The Morgan fingerprint density at radius 2 is 1.96 bits per heavy atom. The van der Waals surface area contributed by atoms with Crippen molar-refractivity contribution in [1.29, 1.82) is 0 Å². The highest BCUT2D eigenvalue weighted by molar-refractivity contribution is 5.92. The lowest BCUT2D eigenvalue weighted by molar-refractivity contribution is -0.146. The molecule has 0 saturated carbocycles. The van der Waals surface area contributed by atoms with Crippen molar-refractivity contribution in [2.24, 2.45) is 5.92 Å². The quantitative estimate of drug-likeness (QED) is 0.510. The van der Waals surface area contributed by atoms with Crippen LogP contribution in [0, 0.1) is 11.7 Å². The Morgan fingerprint density at radius 1 is 1.30 bits per heavy atom. The molecule has 1 heterocycles. The smallest absolute Gasteiger partial charge is 0.310 e. The van der Waals surface area contributed by atoms with Gasteiger partial charge >= 0.3 is 5.97 Å². The standard InChI is InChI=1S/C20H27FN2O4/c1-16(20(25)26-2)15-23(10-9-22-11-13-27-14-12-22)19(24)8-5-17-3-6-18(21)7-4-17/h3-8,16H,9-15H2,1-2H3/b8-5+. The zero-order chi connectivity index (χ0) is 19.6. The van der Waals surface area contributed by atoms with E-state index in [-0.39, 0.29) is 24.2 Å². The van der Waals surface area contributed by atoms with Crippen molar-refractivity contribution < 1.29 is 23.5 Å². The molecule has 1 amide bonds. The second-order valence-electron chi connectivity index (χ2n) is 6.55. The Hall–Kier alpha value is -2.25. The number of hydrogen-bond donors (Lipinski definition) is 0. The third-order valence-electron chi connectivity index (χ3n) is 4.49. The summed E-state index contributed by atoms with van der Waals surface area (Å²) in [6.07, 6.45) is 3.10. The summed E-state index contributed by atoms with van der Waals surface area (Å²) in [4.78, 5) is 28.3. The van der Waals surface area contributed by atoms with E-state index in [0.717, 1.165) is 18.7 Å². The van der Waals surface area contributed by atoms with E-state index in [1.165, 1.54) is 25.3 Å². The minimum absolute atomic E-state index is 0.191. The zero-order valence-corrected chi connectivity index (χ0v) is 15.9. The van der Waals surface area contributed by atoms with E-state index < -0.39 is 5.92 Å². The first-order chi connectivity index (χ1) is 13.0. The molecule has 0 bridgehead atoms. The van der Waals surface area contributed by atoms with Crippen molar-refractivity contribution in [2.75, 3.05) is 53.0 Å². The van der Waals surface area contributed by atoms with E-state index in [0.29, 0.717) is 26.3 Å². The summed E-state index contributed by atoms with van der Waals surface area (Å²) < 4.78 is 23.1. The first-order valence-electron chi connectivity index (χ1n) is 9.10. The van der Waals surface area contributed by atoms with Gasteiger partial charge in [0.05, 0.1) is 26.2 Å². The molecule has 2 rings (SSSR count). The van der Waals surface area contributed by atoms with Crippen LogP contribution in [-0.4, -0.2) is 74.7 Å². The van der Waals surface area contributed by atoms with Crippen LogP contribution in [0.2, 0.25) is 0 Å². The molecular formula is C20H27FN2O4. The normalized spacial score (nSPS) is 16.3. The number of carbonyl (C=O) groups excluding carboxylic acids is 2. The summed E-state index contributed by atoms with van der Waals surface area (Å²) in [5, 5.41) is 0. The van der Waals surface area contributed by atoms with Crippen LogP contribution >= 0.6 is 0 Å². The van der Waals surface area contributed by atoms with Crippen molar-refractivity contribution in [1.82, 2.24) is 9.80 Å². The van der Waals surface area contributed by atoms with Gasteiger partial charge in [-0.25, -0.2) is 4.39 Å². The lowest BCUT2D eigenvalue weighted by atomic mass is 10.1. The summed E-state index contributed by atoms with van der Waals surface area (Å²) in [6.45, 7) is 6.30. The lowest BCUT2D eigenvalue weighted by Gasteiger charge is -2.30. The van der Waals surface area contributed by atoms with Gasteiger partial charge in [0.2, 0.25) is 5.91 Å². The maximum Gasteiger partial charge on any atom is 0.310 e. The molecule has 0 spiro atoms. The van der Waals surface area contributed by atoms with Gasteiger partial charge in [-0.1, -0.05) is 19.1 Å². The maximum absolute atomic E-state index is 13.0. The first-order valence-corrected chi connectivity index (χ1v) is 9.10. The van der Waals surface area contributed by atoms with Crippen LogP contribution in [0.1, 0.15) is 12.5 Å². The molecule has 1 fully saturated rings. The largest absolute Gasteiger partial charge is 0.469 e. The van der Waals surface area contributed by atoms with Crippen LogP contribution < -0.4 is 0 Å². The molecule has 0 aliphatic carbocycles. The highest BCUT2D eigenvalue weighted by Gasteiger charge is 2.21. The van der Waals surface area contributed by atoms with Crippen molar-refractivity contribution in [2.45, 2.75) is 6.92 Å². The first kappa shape index (κ1) is 21.1. The van der Waals surface area contributed by atoms with E-state index in [1.807, 2.05) is 0 Å². The summed E-state index contributed by atoms with van der Waals surface area (Å²) in [5.74, 6) is -1.27. The Kier molecular flexibility index (Phi) is 8.42. The number of halogens is 1. The van der Waals surface area contributed by atoms with Crippen molar-refractivity contribution in [3.05, 3.63) is 41.7 Å². The minimum atomic E-state index is -0.414. The number of carbonyl (C=O) groups is 2. The molecule has 1 saturated heterocycles. The summed E-state index contributed by atoms with van der Waals surface area (Å²) >= 11 is 0. The zero-order valence-electron chi connectivity index (χ0n) is 15.9. The highest BCUT2D eigenvalue weighted by atomic mass is 19.1. The lowest BCUT2D eigenvalue weighted by Crippen LogP contribution is -2.44. The summed E-state index contributed by atoms with van der Waals surface area (Å²) in [5.41, 5.74) is 0.735.